The monoisotopic (exact) mass is 430 g/mol. The third kappa shape index (κ3) is 6.96. The van der Waals surface area contributed by atoms with Crippen molar-refractivity contribution in [2.24, 2.45) is 10.8 Å². The number of benzene rings is 1. The van der Waals surface area contributed by atoms with E-state index < -0.39 is 0 Å². The van der Waals surface area contributed by atoms with Crippen LogP contribution in [0.1, 0.15) is 69.7 Å². The average molecular weight is 431 g/mol. The SMILES string of the molecule is CC(C)(C)CC(=O)N1CCC2(CCCCOCCNC(=O)c3ccccc3OC2)CC1. The number of ether oxygens (including phenoxy) is 2. The van der Waals surface area contributed by atoms with E-state index in [1.165, 1.54) is 0 Å². The maximum Gasteiger partial charge on any atom is 0.255 e. The Morgan fingerprint density at radius 2 is 1.84 bits per heavy atom. The van der Waals surface area contributed by atoms with E-state index in [1.807, 2.05) is 23.1 Å². The standard InChI is InChI=1S/C25H38N2O4/c1-24(2,3)18-22(28)27-14-11-25(12-15-27)10-6-7-16-30-17-13-26-23(29)20-8-4-5-9-21(20)31-19-25/h4-5,8-9H,6-7,10-19H2,1-3H3,(H,26,29). The molecular formula is C25H38N2O4. The van der Waals surface area contributed by atoms with Crippen LogP contribution in [0.5, 0.6) is 5.75 Å². The Balaban J connectivity index is 1.71. The van der Waals surface area contributed by atoms with E-state index >= 15 is 0 Å². The highest BCUT2D eigenvalue weighted by Crippen LogP contribution is 2.38. The predicted octanol–water partition coefficient (Wildman–Crippen LogP) is 4.04. The molecule has 2 heterocycles. The van der Waals surface area contributed by atoms with Gasteiger partial charge in [0.1, 0.15) is 5.75 Å². The summed E-state index contributed by atoms with van der Waals surface area (Å²) < 4.78 is 12.0. The molecule has 2 aliphatic heterocycles. The second-order valence-corrected chi connectivity index (χ2v) is 10.2. The second-order valence-electron chi connectivity index (χ2n) is 10.2. The number of rotatable bonds is 1. The van der Waals surface area contributed by atoms with Gasteiger partial charge in [-0.05, 0) is 43.2 Å². The van der Waals surface area contributed by atoms with Gasteiger partial charge in [-0.1, -0.05) is 39.3 Å². The Labute approximate surface area is 186 Å². The molecule has 1 aromatic rings. The minimum Gasteiger partial charge on any atom is -0.492 e. The van der Waals surface area contributed by atoms with Crippen molar-refractivity contribution in [3.05, 3.63) is 29.8 Å². The van der Waals surface area contributed by atoms with Crippen molar-refractivity contribution in [2.45, 2.75) is 59.3 Å². The van der Waals surface area contributed by atoms with Crippen LogP contribution in [0.4, 0.5) is 0 Å². The molecular weight excluding hydrogens is 392 g/mol. The molecule has 1 spiro atoms. The van der Waals surface area contributed by atoms with Gasteiger partial charge in [-0.25, -0.2) is 0 Å². The Hall–Kier alpha value is -2.08. The van der Waals surface area contributed by atoms with Gasteiger partial charge in [0.15, 0.2) is 0 Å². The molecule has 0 aliphatic carbocycles. The number of piperidine rings is 1. The number of fused-ring (bicyclic) bond motifs is 1. The van der Waals surface area contributed by atoms with E-state index in [0.29, 0.717) is 44.1 Å². The first-order valence-corrected chi connectivity index (χ1v) is 11.6. The number of carbonyl (C=O) groups excluding carboxylic acids is 2. The highest BCUT2D eigenvalue weighted by Gasteiger charge is 2.37. The van der Waals surface area contributed by atoms with E-state index in [9.17, 15) is 9.59 Å². The van der Waals surface area contributed by atoms with Crippen LogP contribution in [0, 0.1) is 10.8 Å². The molecule has 0 radical (unpaired) electrons. The molecule has 1 fully saturated rings. The fourth-order valence-electron chi connectivity index (χ4n) is 4.41. The van der Waals surface area contributed by atoms with E-state index in [2.05, 4.69) is 26.1 Å². The van der Waals surface area contributed by atoms with Crippen molar-refractivity contribution >= 4 is 11.8 Å². The van der Waals surface area contributed by atoms with Crippen molar-refractivity contribution < 1.29 is 19.1 Å². The maximum atomic E-state index is 12.7. The lowest BCUT2D eigenvalue weighted by atomic mass is 9.75. The molecule has 2 aliphatic rings. The number of likely N-dealkylation sites (tertiary alicyclic amines) is 1. The van der Waals surface area contributed by atoms with Crippen molar-refractivity contribution in [1.82, 2.24) is 10.2 Å². The number of nitrogens with one attached hydrogen (secondary N) is 1. The Morgan fingerprint density at radius 3 is 2.58 bits per heavy atom. The predicted molar refractivity (Wildman–Crippen MR) is 121 cm³/mol. The number of carbonyl (C=O) groups is 2. The molecule has 1 N–H and O–H groups in total. The summed E-state index contributed by atoms with van der Waals surface area (Å²) in [6.07, 6.45) is 5.56. The summed E-state index contributed by atoms with van der Waals surface area (Å²) in [6.45, 7) is 10.2. The molecule has 1 saturated heterocycles. The zero-order valence-electron chi connectivity index (χ0n) is 19.4. The summed E-state index contributed by atoms with van der Waals surface area (Å²) in [4.78, 5) is 27.3. The van der Waals surface area contributed by atoms with Crippen molar-refractivity contribution in [3.8, 4) is 5.75 Å². The van der Waals surface area contributed by atoms with Gasteiger partial charge in [-0.15, -0.1) is 0 Å². The molecule has 0 saturated carbocycles. The lowest BCUT2D eigenvalue weighted by molar-refractivity contribution is -0.136. The van der Waals surface area contributed by atoms with Gasteiger partial charge in [0.2, 0.25) is 5.91 Å². The van der Waals surface area contributed by atoms with Crippen LogP contribution in [0.25, 0.3) is 0 Å². The van der Waals surface area contributed by atoms with Crippen LogP contribution in [0.2, 0.25) is 0 Å². The lowest BCUT2D eigenvalue weighted by Crippen LogP contribution is -2.46. The summed E-state index contributed by atoms with van der Waals surface area (Å²) in [5.41, 5.74) is 0.587. The topological polar surface area (TPSA) is 67.9 Å². The van der Waals surface area contributed by atoms with Crippen molar-refractivity contribution in [3.63, 3.8) is 0 Å². The highest BCUT2D eigenvalue weighted by molar-refractivity contribution is 5.96. The van der Waals surface area contributed by atoms with Gasteiger partial charge in [-0.3, -0.25) is 9.59 Å². The van der Waals surface area contributed by atoms with Crippen molar-refractivity contribution in [2.75, 3.05) is 39.5 Å². The quantitative estimate of drug-likeness (QED) is 0.730. The Morgan fingerprint density at radius 1 is 1.10 bits per heavy atom. The van der Waals surface area contributed by atoms with Crippen molar-refractivity contribution in [1.29, 1.82) is 0 Å². The molecule has 6 nitrogen and oxygen atoms in total. The molecule has 0 atom stereocenters. The number of para-hydroxylation sites is 1. The zero-order valence-corrected chi connectivity index (χ0v) is 19.4. The molecule has 3 rings (SSSR count). The smallest absolute Gasteiger partial charge is 0.255 e. The largest absolute Gasteiger partial charge is 0.492 e. The summed E-state index contributed by atoms with van der Waals surface area (Å²) in [5, 5.41) is 2.91. The third-order valence-corrected chi connectivity index (χ3v) is 6.30. The first-order chi connectivity index (χ1) is 14.8. The van der Waals surface area contributed by atoms with Gasteiger partial charge in [0, 0.05) is 38.1 Å². The molecule has 31 heavy (non-hydrogen) atoms. The number of hydrogen-bond acceptors (Lipinski definition) is 4. The van der Waals surface area contributed by atoms with Gasteiger partial charge in [-0.2, -0.15) is 0 Å². The minimum absolute atomic E-state index is 0.00397. The fraction of sp³-hybridized carbons (Fsp3) is 0.680. The molecule has 0 unspecified atom stereocenters. The molecule has 0 aromatic heterocycles. The first-order valence-electron chi connectivity index (χ1n) is 11.6. The molecule has 1 aromatic carbocycles. The second kappa shape index (κ2) is 10.5. The number of amides is 2. The Bertz CT molecular complexity index is 748. The van der Waals surface area contributed by atoms with E-state index in [1.54, 1.807) is 6.07 Å². The molecule has 2 amide bonds. The summed E-state index contributed by atoms with van der Waals surface area (Å²) in [7, 11) is 0. The van der Waals surface area contributed by atoms with Gasteiger partial charge in [0.25, 0.3) is 5.91 Å². The third-order valence-electron chi connectivity index (χ3n) is 6.30. The molecule has 0 bridgehead atoms. The summed E-state index contributed by atoms with van der Waals surface area (Å²) in [5.74, 6) is 0.746. The normalized spacial score (nSPS) is 20.9. The van der Waals surface area contributed by atoms with E-state index in [4.69, 9.17) is 9.47 Å². The summed E-state index contributed by atoms with van der Waals surface area (Å²) >= 11 is 0. The van der Waals surface area contributed by atoms with Gasteiger partial charge in [0.05, 0.1) is 18.8 Å². The number of nitrogens with zero attached hydrogens (tertiary/aromatic N) is 1. The first kappa shape index (κ1) is 23.6. The van der Waals surface area contributed by atoms with Crippen LogP contribution in [-0.4, -0.2) is 56.2 Å². The van der Waals surface area contributed by atoms with Crippen LogP contribution in [-0.2, 0) is 9.53 Å². The van der Waals surface area contributed by atoms with Gasteiger partial charge < -0.3 is 19.7 Å². The average Bonchev–Trinajstić information content (AvgIpc) is 2.73. The highest BCUT2D eigenvalue weighted by atomic mass is 16.5. The molecule has 6 heteroatoms. The van der Waals surface area contributed by atoms with Crippen LogP contribution >= 0.6 is 0 Å². The van der Waals surface area contributed by atoms with E-state index in [0.717, 1.165) is 45.2 Å². The lowest BCUT2D eigenvalue weighted by Gasteiger charge is -2.42. The van der Waals surface area contributed by atoms with Crippen LogP contribution in [0.3, 0.4) is 0 Å². The maximum absolute atomic E-state index is 12.7. The number of hydrogen-bond donors (Lipinski definition) is 1. The van der Waals surface area contributed by atoms with E-state index in [-0.39, 0.29) is 22.6 Å². The zero-order chi connectivity index (χ0) is 22.3. The molecule has 172 valence electrons. The minimum atomic E-state index is -0.132. The van der Waals surface area contributed by atoms with Crippen LogP contribution < -0.4 is 10.1 Å². The van der Waals surface area contributed by atoms with Crippen LogP contribution in [0.15, 0.2) is 24.3 Å². The summed E-state index contributed by atoms with van der Waals surface area (Å²) in [6, 6.07) is 7.43. The van der Waals surface area contributed by atoms with Gasteiger partial charge >= 0.3 is 0 Å². The Kier molecular flexibility index (Phi) is 7.98. The fourth-order valence-corrected chi connectivity index (χ4v) is 4.41.